The highest BCUT2D eigenvalue weighted by Gasteiger charge is 2.28. The molecular weight excluding hydrogens is 296 g/mol. The van der Waals surface area contributed by atoms with Crippen molar-refractivity contribution in [3.63, 3.8) is 0 Å². The predicted octanol–water partition coefficient (Wildman–Crippen LogP) is 1.58. The fourth-order valence-corrected chi connectivity index (χ4v) is 5.21. The summed E-state index contributed by atoms with van der Waals surface area (Å²) >= 11 is 1.38. The Morgan fingerprint density at radius 2 is 2.10 bits per heavy atom. The molecular formula is C13H22N2O3S2. The summed E-state index contributed by atoms with van der Waals surface area (Å²) in [4.78, 5) is 1.10. The molecule has 0 spiro atoms. The summed E-state index contributed by atoms with van der Waals surface area (Å²) in [6.45, 7) is 7.63. The lowest BCUT2D eigenvalue weighted by Gasteiger charge is -2.25. The molecule has 0 aromatic carbocycles. The van der Waals surface area contributed by atoms with E-state index in [1.807, 2.05) is 6.92 Å². The van der Waals surface area contributed by atoms with Crippen LogP contribution in [-0.2, 0) is 21.3 Å². The van der Waals surface area contributed by atoms with Gasteiger partial charge in [-0.15, -0.1) is 11.3 Å². The largest absolute Gasteiger partial charge is 0.379 e. The lowest BCUT2D eigenvalue weighted by atomic mass is 10.3. The summed E-state index contributed by atoms with van der Waals surface area (Å²) in [6, 6.07) is 1.79. The maximum Gasteiger partial charge on any atom is 0.252 e. The monoisotopic (exact) mass is 318 g/mol. The zero-order chi connectivity index (χ0) is 14.6. The van der Waals surface area contributed by atoms with E-state index in [1.165, 1.54) is 15.6 Å². The molecule has 2 rings (SSSR count). The van der Waals surface area contributed by atoms with Crippen molar-refractivity contribution < 1.29 is 13.2 Å². The van der Waals surface area contributed by atoms with Gasteiger partial charge in [-0.25, -0.2) is 8.42 Å². The molecule has 1 N–H and O–H groups in total. The number of aryl methyl sites for hydroxylation is 1. The van der Waals surface area contributed by atoms with Crippen LogP contribution in [0.5, 0.6) is 0 Å². The second-order valence-corrected chi connectivity index (χ2v) is 8.17. The van der Waals surface area contributed by atoms with Gasteiger partial charge >= 0.3 is 0 Å². The first-order chi connectivity index (χ1) is 9.55. The number of nitrogens with zero attached hydrogens (tertiary/aromatic N) is 1. The van der Waals surface area contributed by atoms with Crippen LogP contribution in [0.15, 0.2) is 10.3 Å². The molecule has 1 aromatic rings. The normalized spacial score (nSPS) is 17.5. The third-order valence-corrected chi connectivity index (χ3v) is 6.86. The molecule has 2 heterocycles. The fourth-order valence-electron chi connectivity index (χ4n) is 2.08. The lowest BCUT2D eigenvalue weighted by Crippen LogP contribution is -2.40. The summed E-state index contributed by atoms with van der Waals surface area (Å²) in [5.41, 5.74) is 1.05. The molecule has 20 heavy (non-hydrogen) atoms. The molecule has 1 fully saturated rings. The van der Waals surface area contributed by atoms with Crippen molar-refractivity contribution in [3.05, 3.63) is 16.5 Å². The number of thiophene rings is 1. The van der Waals surface area contributed by atoms with Crippen molar-refractivity contribution in [1.29, 1.82) is 0 Å². The van der Waals surface area contributed by atoms with E-state index in [-0.39, 0.29) is 0 Å². The third kappa shape index (κ3) is 3.59. The van der Waals surface area contributed by atoms with E-state index in [2.05, 4.69) is 12.2 Å². The van der Waals surface area contributed by atoms with Crippen LogP contribution in [0.2, 0.25) is 0 Å². The van der Waals surface area contributed by atoms with E-state index in [0.29, 0.717) is 30.5 Å². The Hall–Kier alpha value is -0.470. The molecule has 0 amide bonds. The topological polar surface area (TPSA) is 58.6 Å². The molecule has 0 atom stereocenters. The first-order valence-electron chi connectivity index (χ1n) is 6.93. The number of sulfonamides is 1. The van der Waals surface area contributed by atoms with E-state index >= 15 is 0 Å². The Bertz CT molecular complexity index is 534. The molecule has 114 valence electrons. The molecule has 1 aliphatic heterocycles. The first-order valence-corrected chi connectivity index (χ1v) is 9.19. The number of rotatable bonds is 6. The van der Waals surface area contributed by atoms with E-state index < -0.39 is 10.0 Å². The number of hydrogen-bond donors (Lipinski definition) is 1. The van der Waals surface area contributed by atoms with Gasteiger partial charge in [-0.05, 0) is 31.5 Å². The summed E-state index contributed by atoms with van der Waals surface area (Å²) in [5, 5.41) is 3.32. The molecule has 1 aromatic heterocycles. The van der Waals surface area contributed by atoms with Gasteiger partial charge in [0.05, 0.1) is 13.2 Å². The van der Waals surface area contributed by atoms with E-state index in [0.717, 1.165) is 30.0 Å². The number of morpholine rings is 1. The van der Waals surface area contributed by atoms with Crippen molar-refractivity contribution in [2.24, 2.45) is 0 Å². The maximum atomic E-state index is 12.5. The van der Waals surface area contributed by atoms with Gasteiger partial charge in [-0.2, -0.15) is 4.31 Å². The van der Waals surface area contributed by atoms with Gasteiger partial charge in [-0.3, -0.25) is 0 Å². The van der Waals surface area contributed by atoms with Crippen molar-refractivity contribution in [1.82, 2.24) is 9.62 Å². The van der Waals surface area contributed by atoms with Crippen LogP contribution >= 0.6 is 11.3 Å². The van der Waals surface area contributed by atoms with Crippen molar-refractivity contribution >= 4 is 21.4 Å². The minimum Gasteiger partial charge on any atom is -0.379 e. The van der Waals surface area contributed by atoms with Crippen LogP contribution in [0.4, 0.5) is 0 Å². The fraction of sp³-hybridized carbons (Fsp3) is 0.692. The molecule has 5 nitrogen and oxygen atoms in total. The summed E-state index contributed by atoms with van der Waals surface area (Å²) in [7, 11) is -3.35. The van der Waals surface area contributed by atoms with Crippen LogP contribution in [0, 0.1) is 6.92 Å². The number of nitrogens with one attached hydrogen (secondary N) is 1. The van der Waals surface area contributed by atoms with Crippen molar-refractivity contribution in [2.75, 3.05) is 32.8 Å². The molecule has 7 heteroatoms. The number of ether oxygens (including phenoxy) is 1. The second-order valence-electron chi connectivity index (χ2n) is 4.86. The number of hydrogen-bond acceptors (Lipinski definition) is 5. The highest BCUT2D eigenvalue weighted by atomic mass is 32.2. The lowest BCUT2D eigenvalue weighted by molar-refractivity contribution is 0.0731. The van der Waals surface area contributed by atoms with Crippen LogP contribution in [0.25, 0.3) is 0 Å². The minimum absolute atomic E-state index is 0.447. The van der Waals surface area contributed by atoms with Gasteiger partial charge in [0.15, 0.2) is 0 Å². The Morgan fingerprint density at radius 3 is 2.75 bits per heavy atom. The average Bonchev–Trinajstić information content (AvgIpc) is 2.82. The molecule has 0 radical (unpaired) electrons. The average molecular weight is 318 g/mol. The Kier molecular flexibility index (Phi) is 5.57. The third-order valence-electron chi connectivity index (χ3n) is 3.27. The van der Waals surface area contributed by atoms with Gasteiger partial charge in [0.2, 0.25) is 0 Å². The van der Waals surface area contributed by atoms with Crippen molar-refractivity contribution in [3.8, 4) is 0 Å². The Morgan fingerprint density at radius 1 is 1.40 bits per heavy atom. The standard InChI is InChI=1S/C13H22N2O3S2/c1-3-4-14-10-12-11(2)9-13(19-12)20(16,17)15-5-7-18-8-6-15/h9,14H,3-8,10H2,1-2H3. The Labute approximate surface area is 125 Å². The summed E-state index contributed by atoms with van der Waals surface area (Å²) in [5.74, 6) is 0. The van der Waals surface area contributed by atoms with Crippen LogP contribution in [0.1, 0.15) is 23.8 Å². The smallest absolute Gasteiger partial charge is 0.252 e. The second kappa shape index (κ2) is 7.00. The zero-order valence-electron chi connectivity index (χ0n) is 12.0. The van der Waals surface area contributed by atoms with Crippen LogP contribution in [-0.4, -0.2) is 45.6 Å². The molecule has 0 unspecified atom stereocenters. The van der Waals surface area contributed by atoms with Gasteiger partial charge in [-0.1, -0.05) is 6.92 Å². The van der Waals surface area contributed by atoms with E-state index in [9.17, 15) is 8.42 Å². The summed E-state index contributed by atoms with van der Waals surface area (Å²) < 4.78 is 32.3. The highest BCUT2D eigenvalue weighted by molar-refractivity contribution is 7.91. The van der Waals surface area contributed by atoms with Crippen molar-refractivity contribution in [2.45, 2.75) is 31.0 Å². The quantitative estimate of drug-likeness (QED) is 0.809. The zero-order valence-corrected chi connectivity index (χ0v) is 13.6. The maximum absolute atomic E-state index is 12.5. The molecule has 0 saturated carbocycles. The van der Waals surface area contributed by atoms with E-state index in [1.54, 1.807) is 6.07 Å². The van der Waals surface area contributed by atoms with Gasteiger partial charge < -0.3 is 10.1 Å². The minimum atomic E-state index is -3.35. The van der Waals surface area contributed by atoms with E-state index in [4.69, 9.17) is 4.74 Å². The molecule has 1 aliphatic rings. The molecule has 1 saturated heterocycles. The molecule has 0 aliphatic carbocycles. The van der Waals surface area contributed by atoms with Gasteiger partial charge in [0.1, 0.15) is 4.21 Å². The Balaban J connectivity index is 2.13. The highest BCUT2D eigenvalue weighted by Crippen LogP contribution is 2.28. The summed E-state index contributed by atoms with van der Waals surface area (Å²) in [6.07, 6.45) is 1.07. The van der Waals surface area contributed by atoms with Crippen LogP contribution in [0.3, 0.4) is 0 Å². The van der Waals surface area contributed by atoms with Gasteiger partial charge in [0.25, 0.3) is 10.0 Å². The predicted molar refractivity (Wildman–Crippen MR) is 80.6 cm³/mol. The SMILES string of the molecule is CCCNCc1sc(S(=O)(=O)N2CCOCC2)cc1C. The van der Waals surface area contributed by atoms with Gasteiger partial charge in [0, 0.05) is 24.5 Å². The van der Waals surface area contributed by atoms with Crippen LogP contribution < -0.4 is 5.32 Å². The molecule has 0 bridgehead atoms. The first kappa shape index (κ1) is 15.9.